The van der Waals surface area contributed by atoms with Crippen LogP contribution >= 0.6 is 11.6 Å². The van der Waals surface area contributed by atoms with E-state index in [9.17, 15) is 8.42 Å². The number of nitrogens with zero attached hydrogens (tertiary/aromatic N) is 2. The van der Waals surface area contributed by atoms with Gasteiger partial charge in [-0.2, -0.15) is 4.31 Å². The molecule has 6 heteroatoms. The first-order valence-electron chi connectivity index (χ1n) is 7.84. The van der Waals surface area contributed by atoms with Crippen LogP contribution in [0.15, 0.2) is 12.1 Å². The molecule has 1 aliphatic rings. The second kappa shape index (κ2) is 7.20. The van der Waals surface area contributed by atoms with Crippen molar-refractivity contribution in [3.63, 3.8) is 0 Å². The van der Waals surface area contributed by atoms with Crippen molar-refractivity contribution in [2.24, 2.45) is 0 Å². The van der Waals surface area contributed by atoms with Crippen LogP contribution in [0.5, 0.6) is 0 Å². The highest BCUT2D eigenvalue weighted by atomic mass is 35.5. The number of piperazine rings is 1. The number of aryl methyl sites for hydroxylation is 2. The van der Waals surface area contributed by atoms with Crippen molar-refractivity contribution in [2.45, 2.75) is 33.6 Å². The fourth-order valence-corrected chi connectivity index (χ4v) is 5.03. The summed E-state index contributed by atoms with van der Waals surface area (Å²) in [5.41, 5.74) is 3.33. The lowest BCUT2D eigenvalue weighted by atomic mass is 10.1. The number of hydrogen-bond donors (Lipinski definition) is 0. The zero-order chi connectivity index (χ0) is 16.3. The second-order valence-corrected chi connectivity index (χ2v) is 8.46. The van der Waals surface area contributed by atoms with Gasteiger partial charge >= 0.3 is 0 Å². The van der Waals surface area contributed by atoms with Crippen LogP contribution in [0.1, 0.15) is 30.9 Å². The van der Waals surface area contributed by atoms with Crippen LogP contribution in [0.25, 0.3) is 0 Å². The summed E-state index contributed by atoms with van der Waals surface area (Å²) in [5.74, 6) is 0.258. The number of unbranched alkanes of at least 4 members (excludes halogenated alkanes) is 1. The fraction of sp³-hybridized carbons (Fsp3) is 0.625. The number of anilines is 1. The molecule has 0 aliphatic carbocycles. The standard InChI is InChI=1S/C16H25ClN2O2S/c1-4-5-10-22(20,21)19-8-6-18(7-9-19)16-14(3)11-13(2)12-15(16)17/h11-12H,4-10H2,1-3H3. The lowest BCUT2D eigenvalue weighted by molar-refractivity contribution is 0.384. The monoisotopic (exact) mass is 344 g/mol. The van der Waals surface area contributed by atoms with E-state index in [0.717, 1.165) is 34.7 Å². The smallest absolute Gasteiger partial charge is 0.214 e. The Morgan fingerprint density at radius 1 is 1.14 bits per heavy atom. The van der Waals surface area contributed by atoms with E-state index >= 15 is 0 Å². The minimum absolute atomic E-state index is 0.258. The average molecular weight is 345 g/mol. The van der Waals surface area contributed by atoms with Gasteiger partial charge in [-0.05, 0) is 37.5 Å². The van der Waals surface area contributed by atoms with Crippen molar-refractivity contribution in [3.8, 4) is 0 Å². The van der Waals surface area contributed by atoms with Gasteiger partial charge in [0.25, 0.3) is 0 Å². The molecule has 0 amide bonds. The number of rotatable bonds is 5. The number of benzene rings is 1. The molecule has 1 aliphatic heterocycles. The summed E-state index contributed by atoms with van der Waals surface area (Å²) in [4.78, 5) is 2.20. The number of hydrogen-bond acceptors (Lipinski definition) is 3. The number of sulfonamides is 1. The molecule has 0 bridgehead atoms. The highest BCUT2D eigenvalue weighted by Gasteiger charge is 2.27. The van der Waals surface area contributed by atoms with Crippen LogP contribution in [0.4, 0.5) is 5.69 Å². The topological polar surface area (TPSA) is 40.6 Å². The van der Waals surface area contributed by atoms with E-state index in [4.69, 9.17) is 11.6 Å². The molecule has 1 fully saturated rings. The summed E-state index contributed by atoms with van der Waals surface area (Å²) < 4.78 is 26.1. The van der Waals surface area contributed by atoms with Gasteiger partial charge in [0, 0.05) is 26.2 Å². The quantitative estimate of drug-likeness (QED) is 0.823. The normalized spacial score (nSPS) is 17.0. The molecule has 0 spiro atoms. The van der Waals surface area contributed by atoms with Gasteiger partial charge in [-0.3, -0.25) is 0 Å². The van der Waals surface area contributed by atoms with Gasteiger partial charge < -0.3 is 4.90 Å². The van der Waals surface area contributed by atoms with Crippen molar-refractivity contribution < 1.29 is 8.42 Å². The van der Waals surface area contributed by atoms with E-state index in [1.54, 1.807) is 4.31 Å². The average Bonchev–Trinajstić information content (AvgIpc) is 2.45. The predicted molar refractivity (Wildman–Crippen MR) is 93.4 cm³/mol. The van der Waals surface area contributed by atoms with Crippen molar-refractivity contribution >= 4 is 27.3 Å². The molecule has 2 rings (SSSR count). The van der Waals surface area contributed by atoms with Crippen LogP contribution in [-0.2, 0) is 10.0 Å². The first kappa shape index (κ1) is 17.6. The molecule has 1 saturated heterocycles. The Labute approximate surface area is 139 Å². The summed E-state index contributed by atoms with van der Waals surface area (Å²) in [6.45, 7) is 8.55. The Bertz CT molecular complexity index is 600. The van der Waals surface area contributed by atoms with E-state index < -0.39 is 10.0 Å². The van der Waals surface area contributed by atoms with E-state index in [0.29, 0.717) is 26.2 Å². The summed E-state index contributed by atoms with van der Waals surface area (Å²) >= 11 is 6.39. The molecule has 0 unspecified atom stereocenters. The van der Waals surface area contributed by atoms with E-state index in [1.165, 1.54) is 0 Å². The second-order valence-electron chi connectivity index (χ2n) is 5.97. The highest BCUT2D eigenvalue weighted by Crippen LogP contribution is 2.31. The molecular weight excluding hydrogens is 320 g/mol. The maximum Gasteiger partial charge on any atom is 0.214 e. The third-order valence-electron chi connectivity index (χ3n) is 4.10. The van der Waals surface area contributed by atoms with Crippen molar-refractivity contribution in [3.05, 3.63) is 28.3 Å². The molecule has 1 heterocycles. The molecule has 0 saturated carbocycles. The van der Waals surface area contributed by atoms with Gasteiger partial charge in [0.1, 0.15) is 0 Å². The molecular formula is C16H25ClN2O2S. The zero-order valence-corrected chi connectivity index (χ0v) is 15.2. The summed E-state index contributed by atoms with van der Waals surface area (Å²) in [6.07, 6.45) is 1.63. The van der Waals surface area contributed by atoms with Crippen LogP contribution in [0, 0.1) is 13.8 Å². The molecule has 124 valence electrons. The first-order valence-corrected chi connectivity index (χ1v) is 9.83. The van der Waals surface area contributed by atoms with E-state index in [1.807, 2.05) is 19.9 Å². The maximum absolute atomic E-state index is 12.2. The Morgan fingerprint density at radius 2 is 1.77 bits per heavy atom. The van der Waals surface area contributed by atoms with Crippen LogP contribution < -0.4 is 4.90 Å². The maximum atomic E-state index is 12.2. The van der Waals surface area contributed by atoms with Gasteiger partial charge in [0.15, 0.2) is 0 Å². The Kier molecular flexibility index (Phi) is 5.75. The van der Waals surface area contributed by atoms with Crippen molar-refractivity contribution in [1.29, 1.82) is 0 Å². The minimum atomic E-state index is -3.10. The van der Waals surface area contributed by atoms with Gasteiger partial charge in [-0.25, -0.2) is 8.42 Å². The van der Waals surface area contributed by atoms with Gasteiger partial charge in [0.05, 0.1) is 16.5 Å². The fourth-order valence-electron chi connectivity index (χ4n) is 2.95. The summed E-state index contributed by atoms with van der Waals surface area (Å²) in [6, 6.07) is 4.08. The van der Waals surface area contributed by atoms with Crippen LogP contribution in [0.2, 0.25) is 5.02 Å². The van der Waals surface area contributed by atoms with Gasteiger partial charge in [-0.1, -0.05) is 31.0 Å². The van der Waals surface area contributed by atoms with Crippen LogP contribution in [0.3, 0.4) is 0 Å². The third kappa shape index (κ3) is 3.94. The lowest BCUT2D eigenvalue weighted by Gasteiger charge is -2.36. The van der Waals surface area contributed by atoms with Crippen molar-refractivity contribution in [2.75, 3.05) is 36.8 Å². The molecule has 0 radical (unpaired) electrons. The van der Waals surface area contributed by atoms with E-state index in [-0.39, 0.29) is 5.75 Å². The van der Waals surface area contributed by atoms with E-state index in [2.05, 4.69) is 17.9 Å². The Hall–Kier alpha value is -0.780. The van der Waals surface area contributed by atoms with Gasteiger partial charge in [-0.15, -0.1) is 0 Å². The SMILES string of the molecule is CCCCS(=O)(=O)N1CCN(c2c(C)cc(C)cc2Cl)CC1. The third-order valence-corrected chi connectivity index (χ3v) is 6.35. The zero-order valence-electron chi connectivity index (χ0n) is 13.6. The molecule has 22 heavy (non-hydrogen) atoms. The molecule has 4 nitrogen and oxygen atoms in total. The minimum Gasteiger partial charge on any atom is -0.367 e. The molecule has 0 atom stereocenters. The summed E-state index contributed by atoms with van der Waals surface area (Å²) in [5, 5.41) is 0.750. The largest absolute Gasteiger partial charge is 0.367 e. The highest BCUT2D eigenvalue weighted by molar-refractivity contribution is 7.89. The number of halogens is 1. The Balaban J connectivity index is 2.07. The predicted octanol–water partition coefficient (Wildman–Crippen LogP) is 3.21. The molecule has 1 aromatic carbocycles. The van der Waals surface area contributed by atoms with Gasteiger partial charge in [0.2, 0.25) is 10.0 Å². The summed E-state index contributed by atoms with van der Waals surface area (Å²) in [7, 11) is -3.10. The first-order chi connectivity index (χ1) is 10.3. The van der Waals surface area contributed by atoms with Crippen molar-refractivity contribution in [1.82, 2.24) is 4.31 Å². The molecule has 0 aromatic heterocycles. The molecule has 0 N–H and O–H groups in total. The van der Waals surface area contributed by atoms with Crippen LogP contribution in [-0.4, -0.2) is 44.7 Å². The molecule has 1 aromatic rings. The lowest BCUT2D eigenvalue weighted by Crippen LogP contribution is -2.49. The Morgan fingerprint density at radius 3 is 2.32 bits per heavy atom.